The Labute approximate surface area is 207 Å². The number of allylic oxidation sites excluding steroid dienone is 2. The third-order valence-electron chi connectivity index (χ3n) is 6.06. The summed E-state index contributed by atoms with van der Waals surface area (Å²) >= 11 is 6.30. The number of ether oxygens (including phenoxy) is 1. The molecular formula is C27H33ClN4O2. The van der Waals surface area contributed by atoms with Crippen molar-refractivity contribution in [3.63, 3.8) is 0 Å². The number of nitrogens with zero attached hydrogens (tertiary/aromatic N) is 2. The zero-order chi connectivity index (χ0) is 24.6. The van der Waals surface area contributed by atoms with Crippen LogP contribution in [0, 0.1) is 18.3 Å². The molecule has 0 spiro atoms. The topological polar surface area (TPSA) is 80.6 Å². The molecule has 3 rings (SSSR count). The van der Waals surface area contributed by atoms with Gasteiger partial charge in [-0.1, -0.05) is 29.8 Å². The molecule has 0 fully saturated rings. The predicted octanol–water partition coefficient (Wildman–Crippen LogP) is 4.93. The summed E-state index contributed by atoms with van der Waals surface area (Å²) < 4.78 is 5.96. The third-order valence-corrected chi connectivity index (χ3v) is 6.55. The Balaban J connectivity index is 1.53. The van der Waals surface area contributed by atoms with Gasteiger partial charge >= 0.3 is 0 Å². The fraction of sp³-hybridized carbons (Fsp3) is 0.370. The van der Waals surface area contributed by atoms with Gasteiger partial charge in [-0.2, -0.15) is 5.26 Å². The number of nitriles is 1. The van der Waals surface area contributed by atoms with E-state index in [1.54, 1.807) is 6.07 Å². The summed E-state index contributed by atoms with van der Waals surface area (Å²) in [5.41, 5.74) is 4.15. The second-order valence-corrected chi connectivity index (χ2v) is 9.29. The van der Waals surface area contributed by atoms with Crippen LogP contribution in [0.25, 0.3) is 5.57 Å². The molecular weight excluding hydrogens is 448 g/mol. The molecule has 0 bridgehead atoms. The predicted molar refractivity (Wildman–Crippen MR) is 139 cm³/mol. The van der Waals surface area contributed by atoms with Crippen LogP contribution >= 0.6 is 11.6 Å². The number of halogens is 1. The van der Waals surface area contributed by atoms with Crippen molar-refractivity contribution in [2.45, 2.75) is 32.7 Å². The summed E-state index contributed by atoms with van der Waals surface area (Å²) in [6, 6.07) is 13.8. The number of dihydropyridines is 1. The van der Waals surface area contributed by atoms with Gasteiger partial charge in [-0.05, 0) is 80.4 Å². The van der Waals surface area contributed by atoms with Gasteiger partial charge in [0, 0.05) is 24.3 Å². The maximum absolute atomic E-state index is 9.93. The third kappa shape index (κ3) is 6.54. The molecule has 1 heterocycles. The fourth-order valence-electron chi connectivity index (χ4n) is 3.70. The van der Waals surface area contributed by atoms with Gasteiger partial charge in [-0.3, -0.25) is 4.90 Å². The van der Waals surface area contributed by atoms with E-state index in [4.69, 9.17) is 21.6 Å². The SMILES string of the molecule is Cc1c(NCN(CCCOc2ccc(C3=CCNC=C3)cc2)C(C)(C)CO)ccc(C#N)c1Cl. The average Bonchev–Trinajstić information content (AvgIpc) is 2.86. The van der Waals surface area contributed by atoms with Gasteiger partial charge < -0.3 is 20.5 Å². The summed E-state index contributed by atoms with van der Waals surface area (Å²) in [7, 11) is 0. The van der Waals surface area contributed by atoms with Crippen molar-refractivity contribution < 1.29 is 9.84 Å². The van der Waals surface area contributed by atoms with Gasteiger partial charge in [0.1, 0.15) is 11.8 Å². The van der Waals surface area contributed by atoms with Gasteiger partial charge in [0.25, 0.3) is 0 Å². The minimum atomic E-state index is -0.408. The zero-order valence-electron chi connectivity index (χ0n) is 20.1. The van der Waals surface area contributed by atoms with Gasteiger partial charge in [-0.25, -0.2) is 0 Å². The first-order valence-electron chi connectivity index (χ1n) is 11.5. The Morgan fingerprint density at radius 2 is 2.00 bits per heavy atom. The highest BCUT2D eigenvalue weighted by Gasteiger charge is 2.25. The number of aliphatic hydroxyl groups is 1. The second-order valence-electron chi connectivity index (χ2n) is 8.91. The fourth-order valence-corrected chi connectivity index (χ4v) is 3.90. The van der Waals surface area contributed by atoms with Crippen molar-refractivity contribution in [3.05, 3.63) is 76.5 Å². The molecule has 0 saturated carbocycles. The van der Waals surface area contributed by atoms with Crippen LogP contribution in [0.2, 0.25) is 5.02 Å². The van der Waals surface area contributed by atoms with Crippen molar-refractivity contribution >= 4 is 22.9 Å². The Morgan fingerprint density at radius 1 is 1.24 bits per heavy atom. The van der Waals surface area contributed by atoms with Crippen LogP contribution in [-0.2, 0) is 0 Å². The first kappa shape index (κ1) is 25.6. The molecule has 2 aromatic carbocycles. The molecule has 0 atom stereocenters. The van der Waals surface area contributed by atoms with E-state index in [1.165, 1.54) is 11.1 Å². The Hall–Kier alpha value is -2.98. The maximum atomic E-state index is 9.93. The van der Waals surface area contributed by atoms with Crippen LogP contribution in [0.5, 0.6) is 5.75 Å². The lowest BCUT2D eigenvalue weighted by Crippen LogP contribution is -2.49. The first-order valence-corrected chi connectivity index (χ1v) is 11.9. The van der Waals surface area contributed by atoms with Gasteiger partial charge in [0.15, 0.2) is 0 Å². The van der Waals surface area contributed by atoms with Gasteiger partial charge in [-0.15, -0.1) is 0 Å². The number of rotatable bonds is 11. The van der Waals surface area contributed by atoms with Crippen LogP contribution in [-0.4, -0.2) is 48.5 Å². The Morgan fingerprint density at radius 3 is 2.65 bits per heavy atom. The van der Waals surface area contributed by atoms with E-state index >= 15 is 0 Å². The van der Waals surface area contributed by atoms with Crippen molar-refractivity contribution in [2.24, 2.45) is 0 Å². The summed E-state index contributed by atoms with van der Waals surface area (Å²) in [6.07, 6.45) is 7.00. The van der Waals surface area contributed by atoms with Gasteiger partial charge in [0.2, 0.25) is 0 Å². The highest BCUT2D eigenvalue weighted by molar-refractivity contribution is 6.32. The van der Waals surface area contributed by atoms with Crippen molar-refractivity contribution in [1.82, 2.24) is 10.2 Å². The zero-order valence-corrected chi connectivity index (χ0v) is 20.8. The molecule has 7 heteroatoms. The molecule has 0 aromatic heterocycles. The Bertz CT molecular complexity index is 1070. The van der Waals surface area contributed by atoms with E-state index in [2.05, 4.69) is 45.9 Å². The molecule has 0 amide bonds. The number of hydrogen-bond donors (Lipinski definition) is 3. The van der Waals surface area contributed by atoms with Crippen molar-refractivity contribution in [1.29, 1.82) is 5.26 Å². The van der Waals surface area contributed by atoms with Crippen LogP contribution in [0.4, 0.5) is 5.69 Å². The molecule has 0 saturated heterocycles. The van der Waals surface area contributed by atoms with E-state index in [-0.39, 0.29) is 6.61 Å². The first-order chi connectivity index (χ1) is 16.4. The average molecular weight is 481 g/mol. The number of nitrogens with one attached hydrogen (secondary N) is 2. The smallest absolute Gasteiger partial charge is 0.119 e. The van der Waals surface area contributed by atoms with E-state index in [9.17, 15) is 5.11 Å². The lowest BCUT2D eigenvalue weighted by molar-refractivity contribution is 0.0589. The van der Waals surface area contributed by atoms with Gasteiger partial charge in [0.05, 0.1) is 30.5 Å². The quantitative estimate of drug-likeness (QED) is 0.312. The molecule has 34 heavy (non-hydrogen) atoms. The molecule has 1 aliphatic heterocycles. The van der Waals surface area contributed by atoms with Crippen LogP contribution in [0.3, 0.4) is 0 Å². The summed E-state index contributed by atoms with van der Waals surface area (Å²) in [6.45, 7) is 8.64. The normalized spacial score (nSPS) is 13.3. The lowest BCUT2D eigenvalue weighted by Gasteiger charge is -2.37. The summed E-state index contributed by atoms with van der Waals surface area (Å²) in [5.74, 6) is 0.844. The van der Waals surface area contributed by atoms with Crippen molar-refractivity contribution in [3.8, 4) is 11.8 Å². The van der Waals surface area contributed by atoms with Crippen molar-refractivity contribution in [2.75, 3.05) is 38.3 Å². The highest BCUT2D eigenvalue weighted by atomic mass is 35.5. The molecule has 180 valence electrons. The van der Waals surface area contributed by atoms with Crippen LogP contribution < -0.4 is 15.4 Å². The van der Waals surface area contributed by atoms with E-state index < -0.39 is 5.54 Å². The molecule has 2 aromatic rings. The monoisotopic (exact) mass is 480 g/mol. The standard InChI is InChI=1S/C27H33ClN4O2/c1-20-25(10-7-23(17-29)26(20)28)31-19-32(27(2,3)18-33)15-4-16-34-24-8-5-21(6-9-24)22-11-13-30-14-12-22/h5-13,30-31,33H,4,14-16,18-19H2,1-3H3. The van der Waals surface area contributed by atoms with Crippen LogP contribution in [0.1, 0.15) is 37.0 Å². The van der Waals surface area contributed by atoms with Crippen LogP contribution in [0.15, 0.2) is 54.8 Å². The number of benzene rings is 2. The van der Waals surface area contributed by atoms with E-state index in [1.807, 2.05) is 45.2 Å². The maximum Gasteiger partial charge on any atom is 0.119 e. The summed E-state index contributed by atoms with van der Waals surface area (Å²) in [5, 5.41) is 26.1. The lowest BCUT2D eigenvalue weighted by atomic mass is 10.0. The molecule has 0 aliphatic carbocycles. The minimum Gasteiger partial charge on any atom is -0.494 e. The Kier molecular flexibility index (Phi) is 9.00. The largest absolute Gasteiger partial charge is 0.494 e. The number of aliphatic hydroxyl groups excluding tert-OH is 1. The number of hydrogen-bond acceptors (Lipinski definition) is 6. The molecule has 0 radical (unpaired) electrons. The van der Waals surface area contributed by atoms with E-state index in [0.29, 0.717) is 23.9 Å². The molecule has 0 unspecified atom stereocenters. The second kappa shape index (κ2) is 11.9. The molecule has 3 N–H and O–H groups in total. The van der Waals surface area contributed by atoms with E-state index in [0.717, 1.165) is 36.5 Å². The number of anilines is 1. The highest BCUT2D eigenvalue weighted by Crippen LogP contribution is 2.27. The minimum absolute atomic E-state index is 0.0317. The molecule has 1 aliphatic rings. The summed E-state index contributed by atoms with van der Waals surface area (Å²) in [4.78, 5) is 2.18. The molecule has 6 nitrogen and oxygen atoms in total.